The van der Waals surface area contributed by atoms with Crippen LogP contribution in [0, 0.1) is 6.92 Å². The van der Waals surface area contributed by atoms with E-state index in [1.54, 1.807) is 12.4 Å². The molecule has 0 radical (unpaired) electrons. The zero-order chi connectivity index (χ0) is 26.6. The summed E-state index contributed by atoms with van der Waals surface area (Å²) in [6.07, 6.45) is -1.69. The second-order valence-corrected chi connectivity index (χ2v) is 9.42. The molecule has 1 aromatic carbocycles. The predicted molar refractivity (Wildman–Crippen MR) is 139 cm³/mol. The molecule has 0 saturated carbocycles. The van der Waals surface area contributed by atoms with Gasteiger partial charge in [-0.05, 0) is 43.8 Å². The Morgan fingerprint density at radius 2 is 1.84 bits per heavy atom. The van der Waals surface area contributed by atoms with Gasteiger partial charge in [0.2, 0.25) is 11.0 Å². The third-order valence-electron chi connectivity index (χ3n) is 5.62. The van der Waals surface area contributed by atoms with E-state index in [-0.39, 0.29) is 35.3 Å². The van der Waals surface area contributed by atoms with Crippen LogP contribution in [0.2, 0.25) is 0 Å². The SMILES string of the molecule is Cc1ccncc1-c1nnc(NC(=O)c2ccc(OC(F)(F)F)c(NC(=O)CN3CCN(C)CC3)c2)s1.Cl. The first-order valence-electron chi connectivity index (χ1n) is 11.2. The van der Waals surface area contributed by atoms with Crippen LogP contribution in [0.15, 0.2) is 36.7 Å². The number of benzene rings is 1. The third-order valence-corrected chi connectivity index (χ3v) is 6.49. The molecule has 15 heteroatoms. The molecule has 10 nitrogen and oxygen atoms in total. The number of hydrogen-bond donors (Lipinski definition) is 2. The Balaban J connectivity index is 0.00000400. The number of nitrogens with zero attached hydrogens (tertiary/aromatic N) is 5. The van der Waals surface area contributed by atoms with Crippen LogP contribution in [0.5, 0.6) is 5.75 Å². The second-order valence-electron chi connectivity index (χ2n) is 8.44. The predicted octanol–water partition coefficient (Wildman–Crippen LogP) is 3.67. The first-order valence-corrected chi connectivity index (χ1v) is 12.1. The van der Waals surface area contributed by atoms with Crippen LogP contribution in [0.4, 0.5) is 24.0 Å². The summed E-state index contributed by atoms with van der Waals surface area (Å²) in [5.41, 5.74) is 1.42. The van der Waals surface area contributed by atoms with Gasteiger partial charge in [0.15, 0.2) is 10.8 Å². The molecule has 0 bridgehead atoms. The molecule has 204 valence electrons. The molecule has 38 heavy (non-hydrogen) atoms. The Hall–Kier alpha value is -3.33. The third kappa shape index (κ3) is 7.84. The summed E-state index contributed by atoms with van der Waals surface area (Å²) in [5.74, 6) is -1.78. The second kappa shape index (κ2) is 12.5. The number of nitrogens with one attached hydrogen (secondary N) is 2. The summed E-state index contributed by atoms with van der Waals surface area (Å²) < 4.78 is 42.9. The number of alkyl halides is 3. The lowest BCUT2D eigenvalue weighted by Gasteiger charge is -2.31. The van der Waals surface area contributed by atoms with E-state index in [1.807, 2.05) is 24.9 Å². The van der Waals surface area contributed by atoms with E-state index in [0.717, 1.165) is 47.7 Å². The van der Waals surface area contributed by atoms with E-state index in [4.69, 9.17) is 0 Å². The summed E-state index contributed by atoms with van der Waals surface area (Å²) in [5, 5.41) is 13.8. The number of ether oxygens (including phenoxy) is 1. The standard InChI is InChI=1S/C23H24F3N7O3S.ClH/c1-14-5-6-27-12-16(14)21-30-31-22(37-21)29-20(35)15-3-4-18(36-23(24,25)26)17(11-15)28-19(34)13-33-9-7-32(2)8-10-33;/h3-6,11-12H,7-10,13H2,1-2H3,(H,28,34)(H,29,31,35);1H. The molecule has 0 atom stereocenters. The van der Waals surface area contributed by atoms with Crippen molar-refractivity contribution in [2.24, 2.45) is 0 Å². The molecule has 3 heterocycles. The van der Waals surface area contributed by atoms with Crippen LogP contribution in [0.25, 0.3) is 10.6 Å². The largest absolute Gasteiger partial charge is 0.573 e. The summed E-state index contributed by atoms with van der Waals surface area (Å²) in [4.78, 5) is 33.5. The molecule has 0 unspecified atom stereocenters. The molecule has 2 amide bonds. The van der Waals surface area contributed by atoms with Crippen molar-refractivity contribution in [3.63, 3.8) is 0 Å². The monoisotopic (exact) mass is 571 g/mol. The summed E-state index contributed by atoms with van der Waals surface area (Å²) >= 11 is 1.12. The minimum atomic E-state index is -4.98. The minimum absolute atomic E-state index is 0. The van der Waals surface area contributed by atoms with Gasteiger partial charge in [-0.25, -0.2) is 0 Å². The van der Waals surface area contributed by atoms with Gasteiger partial charge in [-0.2, -0.15) is 0 Å². The van der Waals surface area contributed by atoms with Gasteiger partial charge < -0.3 is 15.0 Å². The van der Waals surface area contributed by atoms with Crippen molar-refractivity contribution in [2.45, 2.75) is 13.3 Å². The average molecular weight is 572 g/mol. The highest BCUT2D eigenvalue weighted by atomic mass is 35.5. The Kier molecular flexibility index (Phi) is 9.60. The number of pyridine rings is 1. The number of carbonyl (C=O) groups excluding carboxylic acids is 2. The Bertz CT molecular complexity index is 1280. The van der Waals surface area contributed by atoms with Gasteiger partial charge >= 0.3 is 6.36 Å². The topological polar surface area (TPSA) is 113 Å². The van der Waals surface area contributed by atoms with Crippen LogP contribution < -0.4 is 15.4 Å². The number of piperazine rings is 1. The molecule has 1 saturated heterocycles. The highest BCUT2D eigenvalue weighted by molar-refractivity contribution is 7.18. The molecule has 2 N–H and O–H groups in total. The van der Waals surface area contributed by atoms with Crippen molar-refractivity contribution in [3.05, 3.63) is 47.8 Å². The highest BCUT2D eigenvalue weighted by Gasteiger charge is 2.33. The lowest BCUT2D eigenvalue weighted by molar-refractivity contribution is -0.274. The van der Waals surface area contributed by atoms with Crippen LogP contribution in [-0.4, -0.2) is 82.9 Å². The average Bonchev–Trinajstić information content (AvgIpc) is 3.29. The van der Waals surface area contributed by atoms with Gasteiger partial charge in [0.1, 0.15) is 0 Å². The van der Waals surface area contributed by atoms with Gasteiger partial charge in [0.25, 0.3) is 5.91 Å². The van der Waals surface area contributed by atoms with Gasteiger partial charge in [-0.1, -0.05) is 11.3 Å². The zero-order valence-corrected chi connectivity index (χ0v) is 22.0. The van der Waals surface area contributed by atoms with E-state index in [0.29, 0.717) is 18.1 Å². The summed E-state index contributed by atoms with van der Waals surface area (Å²) in [6, 6.07) is 5.10. The molecule has 0 spiro atoms. The first kappa shape index (κ1) is 29.2. The molecule has 2 aromatic heterocycles. The number of halogens is 4. The van der Waals surface area contributed by atoms with E-state index in [1.165, 1.54) is 6.07 Å². The molecular formula is C23H25ClF3N7O3S. The van der Waals surface area contributed by atoms with E-state index < -0.39 is 23.9 Å². The minimum Gasteiger partial charge on any atom is -0.404 e. The highest BCUT2D eigenvalue weighted by Crippen LogP contribution is 2.32. The number of aryl methyl sites for hydroxylation is 1. The quantitative estimate of drug-likeness (QED) is 0.442. The number of aromatic nitrogens is 3. The van der Waals surface area contributed by atoms with Crippen molar-refractivity contribution in [1.29, 1.82) is 0 Å². The molecule has 1 aliphatic rings. The number of anilines is 2. The molecule has 0 aliphatic carbocycles. The van der Waals surface area contributed by atoms with Crippen LogP contribution in [0.3, 0.4) is 0 Å². The number of amides is 2. The van der Waals surface area contributed by atoms with Gasteiger partial charge in [-0.15, -0.1) is 35.8 Å². The first-order chi connectivity index (χ1) is 17.6. The van der Waals surface area contributed by atoms with E-state index in [9.17, 15) is 22.8 Å². The lowest BCUT2D eigenvalue weighted by atomic mass is 10.1. The van der Waals surface area contributed by atoms with Gasteiger partial charge in [0, 0.05) is 49.7 Å². The van der Waals surface area contributed by atoms with Crippen LogP contribution >= 0.6 is 23.7 Å². The smallest absolute Gasteiger partial charge is 0.404 e. The van der Waals surface area contributed by atoms with E-state index in [2.05, 4.69) is 35.5 Å². The molecular weight excluding hydrogens is 547 g/mol. The van der Waals surface area contributed by atoms with Crippen LogP contribution in [0.1, 0.15) is 15.9 Å². The van der Waals surface area contributed by atoms with Crippen molar-refractivity contribution in [2.75, 3.05) is 50.4 Å². The van der Waals surface area contributed by atoms with E-state index >= 15 is 0 Å². The normalized spacial score (nSPS) is 14.4. The molecule has 3 aromatic rings. The lowest BCUT2D eigenvalue weighted by Crippen LogP contribution is -2.47. The molecule has 4 rings (SSSR count). The maximum atomic E-state index is 12.9. The number of carbonyl (C=O) groups is 2. The number of rotatable bonds is 7. The van der Waals surface area contributed by atoms with Crippen molar-refractivity contribution in [1.82, 2.24) is 25.0 Å². The fourth-order valence-electron chi connectivity index (χ4n) is 3.62. The summed E-state index contributed by atoms with van der Waals surface area (Å²) in [7, 11) is 1.97. The molecule has 1 fully saturated rings. The van der Waals surface area contributed by atoms with Crippen molar-refractivity contribution < 1.29 is 27.5 Å². The fourth-order valence-corrected chi connectivity index (χ4v) is 4.43. The Morgan fingerprint density at radius 3 is 2.53 bits per heavy atom. The van der Waals surface area contributed by atoms with Crippen molar-refractivity contribution >= 4 is 46.4 Å². The number of likely N-dealkylation sites (N-methyl/N-ethyl adjacent to an activating group) is 1. The zero-order valence-electron chi connectivity index (χ0n) is 20.4. The fraction of sp³-hybridized carbons (Fsp3) is 0.348. The van der Waals surface area contributed by atoms with Crippen molar-refractivity contribution in [3.8, 4) is 16.3 Å². The maximum absolute atomic E-state index is 12.9. The van der Waals surface area contributed by atoms with Gasteiger partial charge in [0.05, 0.1) is 12.2 Å². The Morgan fingerprint density at radius 1 is 1.11 bits per heavy atom. The summed E-state index contributed by atoms with van der Waals surface area (Å²) in [6.45, 7) is 4.75. The molecule has 1 aliphatic heterocycles. The number of hydrogen-bond acceptors (Lipinski definition) is 9. The van der Waals surface area contributed by atoms with Gasteiger partial charge in [-0.3, -0.25) is 24.8 Å². The maximum Gasteiger partial charge on any atom is 0.573 e. The Labute approximate surface area is 226 Å². The van der Waals surface area contributed by atoms with Crippen LogP contribution in [-0.2, 0) is 4.79 Å².